The van der Waals surface area contributed by atoms with Crippen molar-refractivity contribution < 1.29 is 17.6 Å². The third-order valence-corrected chi connectivity index (χ3v) is 4.65. The van der Waals surface area contributed by atoms with Gasteiger partial charge in [0.15, 0.2) is 9.84 Å². The first-order valence-corrected chi connectivity index (χ1v) is 8.88. The van der Waals surface area contributed by atoms with Crippen LogP contribution in [0.1, 0.15) is 31.5 Å². The number of hydrogen-bond acceptors (Lipinski definition) is 4. The number of nitrogens with one attached hydrogen (secondary N) is 1. The van der Waals surface area contributed by atoms with Crippen molar-refractivity contribution in [1.29, 1.82) is 0 Å². The molecule has 1 aromatic heterocycles. The van der Waals surface area contributed by atoms with Gasteiger partial charge in [-0.1, -0.05) is 6.07 Å². The highest BCUT2D eigenvalue weighted by Crippen LogP contribution is 2.20. The molecule has 1 amide bonds. The molecule has 2 rings (SSSR count). The molecule has 2 aromatic rings. The number of benzene rings is 1. The van der Waals surface area contributed by atoms with Gasteiger partial charge in [0.05, 0.1) is 6.04 Å². The molecule has 1 aromatic carbocycles. The molecule has 0 saturated heterocycles. The van der Waals surface area contributed by atoms with Crippen molar-refractivity contribution in [2.75, 3.05) is 6.26 Å². The Balaban J connectivity index is 2.13. The van der Waals surface area contributed by atoms with Crippen molar-refractivity contribution in [2.45, 2.75) is 30.8 Å². The topological polar surface area (TPSA) is 81.1 Å². The fourth-order valence-electron chi connectivity index (χ4n) is 2.13. The minimum atomic E-state index is -3.62. The van der Waals surface area contributed by atoms with Crippen LogP contribution in [0.5, 0.6) is 0 Å². The van der Waals surface area contributed by atoms with E-state index in [9.17, 15) is 17.6 Å². The van der Waals surface area contributed by atoms with E-state index in [2.05, 4.69) is 10.4 Å². The summed E-state index contributed by atoms with van der Waals surface area (Å²) in [6.45, 7) is 3.39. The van der Waals surface area contributed by atoms with E-state index in [0.29, 0.717) is 5.56 Å². The van der Waals surface area contributed by atoms with Gasteiger partial charge in [-0.25, -0.2) is 12.8 Å². The second kappa shape index (κ2) is 6.49. The lowest BCUT2D eigenvalue weighted by atomic mass is 10.1. The number of carbonyl (C=O) groups excluding carboxylic acids is 1. The first kappa shape index (κ1) is 17.1. The van der Waals surface area contributed by atoms with E-state index in [0.717, 1.165) is 12.3 Å². The molecule has 0 fully saturated rings. The third-order valence-electron chi connectivity index (χ3n) is 3.52. The van der Waals surface area contributed by atoms with Gasteiger partial charge < -0.3 is 5.32 Å². The number of rotatable bonds is 5. The fraction of sp³-hybridized carbons (Fsp3) is 0.333. The lowest BCUT2D eigenvalue weighted by molar-refractivity contribution is -0.124. The molecule has 2 atom stereocenters. The summed E-state index contributed by atoms with van der Waals surface area (Å²) in [5.74, 6) is -1.10. The van der Waals surface area contributed by atoms with Crippen LogP contribution in [0.15, 0.2) is 41.6 Å². The van der Waals surface area contributed by atoms with E-state index in [-0.39, 0.29) is 10.8 Å². The van der Waals surface area contributed by atoms with Gasteiger partial charge in [-0.3, -0.25) is 9.48 Å². The zero-order valence-corrected chi connectivity index (χ0v) is 13.8. The van der Waals surface area contributed by atoms with Crippen molar-refractivity contribution in [3.8, 4) is 0 Å². The molecule has 0 aliphatic carbocycles. The van der Waals surface area contributed by atoms with Crippen molar-refractivity contribution in [1.82, 2.24) is 15.1 Å². The molecular formula is C15H18FN3O3S. The number of hydrogen-bond donors (Lipinski definition) is 1. The van der Waals surface area contributed by atoms with Crippen molar-refractivity contribution in [2.24, 2.45) is 0 Å². The summed E-state index contributed by atoms with van der Waals surface area (Å²) in [4.78, 5) is 11.8. The summed E-state index contributed by atoms with van der Waals surface area (Å²) in [6.07, 6.45) is 4.20. The highest BCUT2D eigenvalue weighted by molar-refractivity contribution is 7.90. The lowest BCUT2D eigenvalue weighted by Crippen LogP contribution is -2.33. The van der Waals surface area contributed by atoms with E-state index in [1.165, 1.54) is 16.8 Å². The van der Waals surface area contributed by atoms with Gasteiger partial charge in [0, 0.05) is 18.6 Å². The van der Waals surface area contributed by atoms with Gasteiger partial charge in [0.2, 0.25) is 5.91 Å². The fourth-order valence-corrected chi connectivity index (χ4v) is 2.86. The normalized spacial score (nSPS) is 14.3. The first-order chi connectivity index (χ1) is 10.7. The van der Waals surface area contributed by atoms with Crippen LogP contribution in [0.2, 0.25) is 0 Å². The summed E-state index contributed by atoms with van der Waals surface area (Å²) in [7, 11) is -3.62. The number of nitrogens with zero attached hydrogens (tertiary/aromatic N) is 2. The van der Waals surface area contributed by atoms with Crippen LogP contribution in [-0.4, -0.2) is 30.4 Å². The molecule has 124 valence electrons. The molecule has 0 radical (unpaired) electrons. The van der Waals surface area contributed by atoms with E-state index >= 15 is 0 Å². The maximum atomic E-state index is 13.9. The highest BCUT2D eigenvalue weighted by Gasteiger charge is 2.20. The molecule has 1 heterocycles. The molecule has 0 aliphatic rings. The molecule has 6 nitrogen and oxygen atoms in total. The van der Waals surface area contributed by atoms with Crippen LogP contribution in [0.3, 0.4) is 0 Å². The Morgan fingerprint density at radius 2 is 2.04 bits per heavy atom. The highest BCUT2D eigenvalue weighted by atomic mass is 32.2. The quantitative estimate of drug-likeness (QED) is 0.901. The van der Waals surface area contributed by atoms with Crippen LogP contribution in [0, 0.1) is 5.82 Å². The Kier molecular flexibility index (Phi) is 4.84. The van der Waals surface area contributed by atoms with Crippen LogP contribution < -0.4 is 5.32 Å². The van der Waals surface area contributed by atoms with E-state index in [4.69, 9.17) is 0 Å². The summed E-state index contributed by atoms with van der Waals surface area (Å²) >= 11 is 0. The number of aromatic nitrogens is 2. The molecule has 0 spiro atoms. The van der Waals surface area contributed by atoms with Gasteiger partial charge in [-0.2, -0.15) is 5.10 Å². The SMILES string of the molecule is C[C@H](C(=O)N[C@H](C)c1ccc(S(C)(=O)=O)c(F)c1)n1cccn1. The number of carbonyl (C=O) groups is 1. The van der Waals surface area contributed by atoms with Gasteiger partial charge in [-0.05, 0) is 37.6 Å². The Bertz CT molecular complexity index is 803. The smallest absolute Gasteiger partial charge is 0.245 e. The minimum absolute atomic E-state index is 0.270. The summed E-state index contributed by atoms with van der Waals surface area (Å²) < 4.78 is 38.3. The predicted molar refractivity (Wildman–Crippen MR) is 83.0 cm³/mol. The summed E-state index contributed by atoms with van der Waals surface area (Å²) in [6, 6.07) is 4.56. The monoisotopic (exact) mass is 339 g/mol. The Labute approximate surface area is 134 Å². The van der Waals surface area contributed by atoms with E-state index in [1.54, 1.807) is 32.3 Å². The molecular weight excluding hydrogens is 321 g/mol. The molecule has 0 aliphatic heterocycles. The average molecular weight is 339 g/mol. The first-order valence-electron chi connectivity index (χ1n) is 6.99. The zero-order chi connectivity index (χ0) is 17.2. The van der Waals surface area contributed by atoms with Gasteiger partial charge in [0.1, 0.15) is 16.8 Å². The largest absolute Gasteiger partial charge is 0.348 e. The summed E-state index contributed by atoms with van der Waals surface area (Å²) in [5, 5.41) is 6.75. The van der Waals surface area contributed by atoms with Gasteiger partial charge in [0.25, 0.3) is 0 Å². The second-order valence-corrected chi connectivity index (χ2v) is 7.34. The van der Waals surface area contributed by atoms with Crippen molar-refractivity contribution in [3.05, 3.63) is 48.0 Å². The number of amides is 1. The zero-order valence-electron chi connectivity index (χ0n) is 13.0. The maximum absolute atomic E-state index is 13.9. The Hall–Kier alpha value is -2.22. The van der Waals surface area contributed by atoms with Crippen molar-refractivity contribution >= 4 is 15.7 Å². The molecule has 0 unspecified atom stereocenters. The van der Waals surface area contributed by atoms with Crippen LogP contribution in [-0.2, 0) is 14.6 Å². The molecule has 0 bridgehead atoms. The van der Waals surface area contributed by atoms with E-state index in [1.807, 2.05) is 0 Å². The van der Waals surface area contributed by atoms with E-state index < -0.39 is 27.7 Å². The predicted octanol–water partition coefficient (Wildman–Crippen LogP) is 1.86. The van der Waals surface area contributed by atoms with Gasteiger partial charge in [-0.15, -0.1) is 0 Å². The number of halogens is 1. The van der Waals surface area contributed by atoms with Crippen LogP contribution in [0.4, 0.5) is 4.39 Å². The van der Waals surface area contributed by atoms with Crippen molar-refractivity contribution in [3.63, 3.8) is 0 Å². The number of sulfone groups is 1. The second-order valence-electron chi connectivity index (χ2n) is 5.35. The Morgan fingerprint density at radius 1 is 1.35 bits per heavy atom. The maximum Gasteiger partial charge on any atom is 0.245 e. The van der Waals surface area contributed by atoms with Crippen LogP contribution in [0.25, 0.3) is 0 Å². The summed E-state index contributed by atoms with van der Waals surface area (Å²) in [5.41, 5.74) is 0.482. The lowest BCUT2D eigenvalue weighted by Gasteiger charge is -2.18. The molecule has 8 heteroatoms. The molecule has 0 saturated carbocycles. The molecule has 23 heavy (non-hydrogen) atoms. The third kappa shape index (κ3) is 3.95. The van der Waals surface area contributed by atoms with Crippen LogP contribution >= 0.6 is 0 Å². The Morgan fingerprint density at radius 3 is 2.57 bits per heavy atom. The molecule has 1 N–H and O–H groups in total. The average Bonchev–Trinajstić information content (AvgIpc) is 2.98. The minimum Gasteiger partial charge on any atom is -0.348 e. The standard InChI is InChI=1S/C15H18FN3O3S/c1-10(18-15(20)11(2)19-8-4-7-17-19)12-5-6-14(13(16)9-12)23(3,21)22/h4-11H,1-3H3,(H,18,20)/t10-,11-/m1/s1. The van der Waals surface area contributed by atoms with Gasteiger partial charge >= 0.3 is 0 Å².